The van der Waals surface area contributed by atoms with Gasteiger partial charge >= 0.3 is 0 Å². The third-order valence-electron chi connectivity index (χ3n) is 10.2. The van der Waals surface area contributed by atoms with Gasteiger partial charge in [0.2, 0.25) is 5.91 Å². The zero-order chi connectivity index (χ0) is 27.1. The van der Waals surface area contributed by atoms with Crippen molar-refractivity contribution in [2.24, 2.45) is 5.92 Å². The minimum absolute atomic E-state index is 0.00670. The highest BCUT2D eigenvalue weighted by Gasteiger charge is 2.73. The largest absolute Gasteiger partial charge is 0.504 e. The number of rotatable bonds is 6. The Labute approximate surface area is 227 Å². The molecule has 39 heavy (non-hydrogen) atoms. The Kier molecular flexibility index (Phi) is 5.56. The van der Waals surface area contributed by atoms with Crippen LogP contribution in [0.5, 0.6) is 17.2 Å². The van der Waals surface area contributed by atoms with E-state index in [9.17, 15) is 19.4 Å². The van der Waals surface area contributed by atoms with Gasteiger partial charge in [0.25, 0.3) is 0 Å². The Hall–Kier alpha value is -3.10. The second kappa shape index (κ2) is 8.70. The van der Waals surface area contributed by atoms with Gasteiger partial charge < -0.3 is 24.6 Å². The number of ether oxygens (including phenoxy) is 2. The van der Waals surface area contributed by atoms with Crippen LogP contribution in [0.2, 0.25) is 0 Å². The first-order chi connectivity index (χ1) is 18.8. The van der Waals surface area contributed by atoms with E-state index in [-0.39, 0.29) is 29.5 Å². The molecule has 206 valence electrons. The van der Waals surface area contributed by atoms with Gasteiger partial charge in [-0.3, -0.25) is 9.69 Å². The SMILES string of the molecule is COc1ccc(C=CC(=O)N(C)[C@@H]2CC[C@@]3(O)[C@H]4Cc5ccc(O)c6c5[C@@]3(CCN4CC3CC3)[C@H]2O6)cc1F. The van der Waals surface area contributed by atoms with Gasteiger partial charge in [-0.1, -0.05) is 12.1 Å². The zero-order valence-corrected chi connectivity index (χ0v) is 22.4. The van der Waals surface area contributed by atoms with Crippen molar-refractivity contribution >= 4 is 12.0 Å². The summed E-state index contributed by atoms with van der Waals surface area (Å²) in [5.74, 6) is 0.731. The van der Waals surface area contributed by atoms with Crippen molar-refractivity contribution in [1.29, 1.82) is 0 Å². The van der Waals surface area contributed by atoms with E-state index in [4.69, 9.17) is 9.47 Å². The minimum atomic E-state index is -0.992. The molecule has 2 aliphatic heterocycles. The van der Waals surface area contributed by atoms with Gasteiger partial charge in [-0.2, -0.15) is 0 Å². The fraction of sp³-hybridized carbons (Fsp3) is 0.516. The van der Waals surface area contributed by atoms with Gasteiger partial charge in [-0.05, 0) is 86.4 Å². The summed E-state index contributed by atoms with van der Waals surface area (Å²) in [5, 5.41) is 23.4. The van der Waals surface area contributed by atoms with Crippen LogP contribution in [0.15, 0.2) is 36.4 Å². The highest BCUT2D eigenvalue weighted by molar-refractivity contribution is 5.92. The quantitative estimate of drug-likeness (QED) is 0.551. The number of carbonyl (C=O) groups is 1. The van der Waals surface area contributed by atoms with E-state index in [1.54, 1.807) is 30.2 Å². The van der Waals surface area contributed by atoms with E-state index in [0.29, 0.717) is 24.2 Å². The summed E-state index contributed by atoms with van der Waals surface area (Å²) in [5.41, 5.74) is 0.973. The van der Waals surface area contributed by atoms with Crippen LogP contribution in [0.4, 0.5) is 4.39 Å². The molecule has 2 heterocycles. The number of nitrogens with zero attached hydrogens (tertiary/aromatic N) is 2. The molecule has 8 heteroatoms. The van der Waals surface area contributed by atoms with Gasteiger partial charge in [0.15, 0.2) is 23.1 Å². The van der Waals surface area contributed by atoms with Gasteiger partial charge in [-0.25, -0.2) is 4.39 Å². The number of aliphatic hydroxyl groups is 1. The fourth-order valence-electron chi connectivity index (χ4n) is 8.09. The molecule has 2 N–H and O–H groups in total. The van der Waals surface area contributed by atoms with E-state index in [1.807, 2.05) is 6.07 Å². The zero-order valence-electron chi connectivity index (χ0n) is 22.4. The molecule has 3 aliphatic carbocycles. The summed E-state index contributed by atoms with van der Waals surface area (Å²) in [6.07, 6.45) is 7.72. The van der Waals surface area contributed by atoms with E-state index < -0.39 is 22.9 Å². The van der Waals surface area contributed by atoms with Crippen molar-refractivity contribution in [2.45, 2.75) is 67.7 Å². The number of piperidine rings is 1. The number of phenolic OH excluding ortho intramolecular Hbond substituents is 1. The van der Waals surface area contributed by atoms with Gasteiger partial charge in [0.05, 0.1) is 24.2 Å². The molecule has 1 spiro atoms. The summed E-state index contributed by atoms with van der Waals surface area (Å²) in [4.78, 5) is 17.6. The third-order valence-corrected chi connectivity index (χ3v) is 10.2. The topological polar surface area (TPSA) is 82.5 Å². The Morgan fingerprint density at radius 2 is 2.08 bits per heavy atom. The van der Waals surface area contributed by atoms with Crippen molar-refractivity contribution in [1.82, 2.24) is 9.80 Å². The lowest BCUT2D eigenvalue weighted by Gasteiger charge is -2.64. The first-order valence-electron chi connectivity index (χ1n) is 14.0. The van der Waals surface area contributed by atoms with Crippen LogP contribution in [0.25, 0.3) is 6.08 Å². The van der Waals surface area contributed by atoms with Crippen LogP contribution in [0.3, 0.4) is 0 Å². The molecule has 0 aromatic heterocycles. The molecule has 2 saturated carbocycles. The summed E-state index contributed by atoms with van der Waals surface area (Å²) < 4.78 is 25.7. The lowest BCUT2D eigenvalue weighted by Crippen LogP contribution is -2.78. The number of likely N-dealkylation sites (N-methyl/N-ethyl adjacent to an activating group) is 1. The molecule has 0 unspecified atom stereocenters. The Morgan fingerprint density at radius 3 is 2.82 bits per heavy atom. The average molecular weight is 535 g/mol. The van der Waals surface area contributed by atoms with Crippen LogP contribution in [0.1, 0.15) is 48.8 Å². The van der Waals surface area contributed by atoms with Crippen molar-refractivity contribution < 1.29 is 28.9 Å². The third kappa shape index (κ3) is 3.50. The second-order valence-electron chi connectivity index (χ2n) is 12.1. The van der Waals surface area contributed by atoms with Gasteiger partial charge in [0.1, 0.15) is 6.10 Å². The smallest absolute Gasteiger partial charge is 0.246 e. The van der Waals surface area contributed by atoms with Crippen LogP contribution in [0, 0.1) is 11.7 Å². The van der Waals surface area contributed by atoms with Crippen LogP contribution in [-0.4, -0.2) is 77.0 Å². The predicted molar refractivity (Wildman–Crippen MR) is 143 cm³/mol. The fourth-order valence-corrected chi connectivity index (χ4v) is 8.09. The Balaban J connectivity index is 1.22. The molecular formula is C31H35FN2O5. The number of methoxy groups -OCH3 is 1. The van der Waals surface area contributed by atoms with Crippen molar-refractivity contribution in [3.05, 3.63) is 58.9 Å². The highest BCUT2D eigenvalue weighted by atomic mass is 19.1. The molecule has 7 rings (SSSR count). The molecule has 3 fully saturated rings. The van der Waals surface area contributed by atoms with E-state index in [0.717, 1.165) is 43.0 Å². The van der Waals surface area contributed by atoms with Crippen LogP contribution >= 0.6 is 0 Å². The minimum Gasteiger partial charge on any atom is -0.504 e. The van der Waals surface area contributed by atoms with E-state index >= 15 is 0 Å². The number of carbonyl (C=O) groups excluding carboxylic acids is 1. The molecule has 7 nitrogen and oxygen atoms in total. The number of benzene rings is 2. The number of halogens is 1. The first-order valence-corrected chi connectivity index (χ1v) is 14.0. The predicted octanol–water partition coefficient (Wildman–Crippen LogP) is 3.64. The molecule has 0 radical (unpaired) electrons. The van der Waals surface area contributed by atoms with Crippen LogP contribution in [-0.2, 0) is 16.6 Å². The lowest BCUT2D eigenvalue weighted by atomic mass is 9.48. The number of aromatic hydroxyl groups is 1. The van der Waals surface area contributed by atoms with Gasteiger partial charge in [0, 0.05) is 31.3 Å². The Bertz CT molecular complexity index is 1370. The summed E-state index contributed by atoms with van der Waals surface area (Å²) in [6, 6.07) is 7.96. The van der Waals surface area contributed by atoms with Crippen LogP contribution < -0.4 is 9.47 Å². The van der Waals surface area contributed by atoms with Crippen molar-refractivity contribution in [3.63, 3.8) is 0 Å². The number of amides is 1. The molecule has 1 saturated heterocycles. The highest BCUT2D eigenvalue weighted by Crippen LogP contribution is 2.66. The molecule has 2 aromatic rings. The number of hydrogen-bond donors (Lipinski definition) is 2. The number of phenols is 1. The second-order valence-corrected chi connectivity index (χ2v) is 12.1. The standard InChI is InChI=1S/C31H35FN2O5/c1-33(26(36)10-6-18-5-9-24(38-2)21(32)15-18)22-11-12-31(37)25-16-20-7-8-23(35)28-27(20)30(31,29(22)39-28)13-14-34(25)17-19-3-4-19/h5-10,15,19,22,25,29,35,37H,3-4,11-14,16-17H2,1-2H3/t22-,25-,29+,30+,31-/m1/s1. The molecule has 5 atom stereocenters. The maximum atomic E-state index is 14.1. The average Bonchev–Trinajstić information content (AvgIpc) is 3.67. The monoisotopic (exact) mass is 534 g/mol. The maximum Gasteiger partial charge on any atom is 0.246 e. The van der Waals surface area contributed by atoms with E-state index in [1.165, 1.54) is 38.2 Å². The molecular weight excluding hydrogens is 499 g/mol. The first kappa shape index (κ1) is 24.9. The molecule has 1 amide bonds. The maximum absolute atomic E-state index is 14.1. The normalized spacial score (nSPS) is 32.6. The summed E-state index contributed by atoms with van der Waals surface area (Å²) in [6.45, 7) is 1.89. The number of likely N-dealkylation sites (tertiary alicyclic amines) is 1. The molecule has 5 aliphatic rings. The van der Waals surface area contributed by atoms with E-state index in [2.05, 4.69) is 4.90 Å². The molecule has 2 aromatic carbocycles. The summed E-state index contributed by atoms with van der Waals surface area (Å²) in [7, 11) is 3.18. The lowest BCUT2D eigenvalue weighted by molar-refractivity contribution is -0.200. The van der Waals surface area contributed by atoms with Crippen molar-refractivity contribution in [3.8, 4) is 17.2 Å². The number of hydrogen-bond acceptors (Lipinski definition) is 6. The summed E-state index contributed by atoms with van der Waals surface area (Å²) >= 11 is 0. The molecule has 2 bridgehead atoms. The van der Waals surface area contributed by atoms with Gasteiger partial charge in [-0.15, -0.1) is 0 Å². The Morgan fingerprint density at radius 1 is 1.26 bits per heavy atom. The van der Waals surface area contributed by atoms with Crippen molar-refractivity contribution in [2.75, 3.05) is 27.2 Å².